The Bertz CT molecular complexity index is 418. The van der Waals surface area contributed by atoms with E-state index < -0.39 is 0 Å². The molecule has 98 valence electrons. The molecule has 0 aromatic carbocycles. The van der Waals surface area contributed by atoms with Crippen molar-refractivity contribution in [2.75, 3.05) is 31.2 Å². The highest BCUT2D eigenvalue weighted by atomic mass is 32.1. The number of anilines is 1. The molecule has 1 atom stereocenters. The van der Waals surface area contributed by atoms with E-state index in [0.717, 1.165) is 32.5 Å². The van der Waals surface area contributed by atoms with Crippen molar-refractivity contribution in [3.8, 4) is 0 Å². The van der Waals surface area contributed by atoms with E-state index in [1.807, 2.05) is 0 Å². The van der Waals surface area contributed by atoms with Crippen LogP contribution in [0.1, 0.15) is 12.8 Å². The SMILES string of the molecule is N[C@@H]1COCC12CCN(c1ncc(S)nn1)CC2. The van der Waals surface area contributed by atoms with Gasteiger partial charge in [0, 0.05) is 24.5 Å². The van der Waals surface area contributed by atoms with Gasteiger partial charge in [-0.05, 0) is 12.8 Å². The lowest BCUT2D eigenvalue weighted by molar-refractivity contribution is 0.131. The normalized spacial score (nSPS) is 26.8. The van der Waals surface area contributed by atoms with Crippen LogP contribution < -0.4 is 10.6 Å². The summed E-state index contributed by atoms with van der Waals surface area (Å²) in [5.74, 6) is 0.676. The predicted molar refractivity (Wildman–Crippen MR) is 69.8 cm³/mol. The predicted octanol–water partition coefficient (Wildman–Crippen LogP) is 0.104. The van der Waals surface area contributed by atoms with E-state index in [1.54, 1.807) is 6.20 Å². The first kappa shape index (κ1) is 12.1. The van der Waals surface area contributed by atoms with Gasteiger partial charge in [-0.3, -0.25) is 0 Å². The van der Waals surface area contributed by atoms with Gasteiger partial charge >= 0.3 is 0 Å². The fourth-order valence-electron chi connectivity index (χ4n) is 2.75. The summed E-state index contributed by atoms with van der Waals surface area (Å²) in [7, 11) is 0. The fourth-order valence-corrected chi connectivity index (χ4v) is 2.85. The molecule has 1 aromatic heterocycles. The molecule has 0 saturated carbocycles. The first-order chi connectivity index (χ1) is 8.70. The molecule has 2 aliphatic heterocycles. The second-order valence-corrected chi connectivity index (χ2v) is 5.55. The largest absolute Gasteiger partial charge is 0.379 e. The van der Waals surface area contributed by atoms with E-state index in [2.05, 4.69) is 32.7 Å². The molecule has 3 heterocycles. The molecule has 1 spiro atoms. The zero-order valence-corrected chi connectivity index (χ0v) is 11.0. The van der Waals surface area contributed by atoms with Crippen LogP contribution in [0.5, 0.6) is 0 Å². The number of rotatable bonds is 1. The standard InChI is InChI=1S/C11H17N5OS/c12-8-6-17-7-11(8)1-3-16(4-2-11)10-13-5-9(18)14-15-10/h5,8H,1-4,6-7,12H2,(H,14,18)/t8-/m1/s1. The summed E-state index contributed by atoms with van der Waals surface area (Å²) in [5.41, 5.74) is 6.31. The first-order valence-electron chi connectivity index (χ1n) is 6.17. The number of nitrogens with two attached hydrogens (primary N) is 1. The molecule has 0 aliphatic carbocycles. The van der Waals surface area contributed by atoms with Gasteiger partial charge in [0.25, 0.3) is 0 Å². The lowest BCUT2D eigenvalue weighted by Gasteiger charge is -2.40. The van der Waals surface area contributed by atoms with E-state index in [4.69, 9.17) is 10.5 Å². The Balaban J connectivity index is 1.68. The van der Waals surface area contributed by atoms with Crippen LogP contribution in [0.2, 0.25) is 0 Å². The third-order valence-corrected chi connectivity index (χ3v) is 4.26. The van der Waals surface area contributed by atoms with Crippen LogP contribution >= 0.6 is 12.6 Å². The Labute approximate surface area is 111 Å². The van der Waals surface area contributed by atoms with E-state index in [0.29, 0.717) is 17.6 Å². The van der Waals surface area contributed by atoms with Crippen LogP contribution in [0, 0.1) is 5.41 Å². The number of nitrogens with zero attached hydrogens (tertiary/aromatic N) is 4. The Morgan fingerprint density at radius 1 is 1.39 bits per heavy atom. The molecule has 6 nitrogen and oxygen atoms in total. The molecule has 3 rings (SSSR count). The number of hydrogen-bond acceptors (Lipinski definition) is 7. The minimum absolute atomic E-state index is 0.160. The Hall–Kier alpha value is -0.920. The van der Waals surface area contributed by atoms with Crippen molar-refractivity contribution in [3.63, 3.8) is 0 Å². The first-order valence-corrected chi connectivity index (χ1v) is 6.61. The summed E-state index contributed by atoms with van der Waals surface area (Å²) in [6.07, 6.45) is 3.68. The highest BCUT2D eigenvalue weighted by Crippen LogP contribution is 2.38. The van der Waals surface area contributed by atoms with Gasteiger partial charge in [-0.25, -0.2) is 4.98 Å². The molecule has 7 heteroatoms. The molecule has 2 N–H and O–H groups in total. The van der Waals surface area contributed by atoms with E-state index >= 15 is 0 Å². The van der Waals surface area contributed by atoms with Crippen LogP contribution in [0.3, 0.4) is 0 Å². The zero-order chi connectivity index (χ0) is 12.6. The summed E-state index contributed by atoms with van der Waals surface area (Å²) >= 11 is 4.09. The van der Waals surface area contributed by atoms with E-state index in [1.165, 1.54) is 0 Å². The Kier molecular flexibility index (Phi) is 3.13. The van der Waals surface area contributed by atoms with Crippen LogP contribution in [0.25, 0.3) is 0 Å². The van der Waals surface area contributed by atoms with E-state index in [-0.39, 0.29) is 11.5 Å². The number of aromatic nitrogens is 3. The van der Waals surface area contributed by atoms with Crippen LogP contribution in [0.4, 0.5) is 5.95 Å². The van der Waals surface area contributed by atoms with Gasteiger partial charge in [-0.1, -0.05) is 0 Å². The number of ether oxygens (including phenoxy) is 1. The van der Waals surface area contributed by atoms with Gasteiger partial charge in [-0.2, -0.15) is 0 Å². The van der Waals surface area contributed by atoms with Crippen molar-refractivity contribution in [2.24, 2.45) is 11.1 Å². The van der Waals surface area contributed by atoms with Gasteiger partial charge in [0.2, 0.25) is 5.95 Å². The van der Waals surface area contributed by atoms with Crippen molar-refractivity contribution in [2.45, 2.75) is 23.9 Å². The van der Waals surface area contributed by atoms with Gasteiger partial charge in [0.05, 0.1) is 19.4 Å². The molecule has 1 aromatic rings. The lowest BCUT2D eigenvalue weighted by atomic mass is 9.75. The topological polar surface area (TPSA) is 77.2 Å². The molecule has 2 aliphatic rings. The van der Waals surface area contributed by atoms with Crippen molar-refractivity contribution in [1.29, 1.82) is 0 Å². The molecular formula is C11H17N5OS. The minimum Gasteiger partial charge on any atom is -0.379 e. The third-order valence-electron chi connectivity index (χ3n) is 4.05. The second-order valence-electron chi connectivity index (χ2n) is 5.09. The van der Waals surface area contributed by atoms with Crippen molar-refractivity contribution < 1.29 is 4.74 Å². The molecule has 18 heavy (non-hydrogen) atoms. The maximum atomic E-state index is 6.15. The molecule has 2 fully saturated rings. The number of hydrogen-bond donors (Lipinski definition) is 2. The molecular weight excluding hydrogens is 250 g/mol. The monoisotopic (exact) mass is 267 g/mol. The Morgan fingerprint density at radius 3 is 2.72 bits per heavy atom. The fraction of sp³-hybridized carbons (Fsp3) is 0.727. The average molecular weight is 267 g/mol. The summed E-state index contributed by atoms with van der Waals surface area (Å²) < 4.78 is 5.51. The molecule has 0 unspecified atom stereocenters. The van der Waals surface area contributed by atoms with Gasteiger partial charge < -0.3 is 15.4 Å². The molecule has 0 amide bonds. The molecule has 0 bridgehead atoms. The highest BCUT2D eigenvalue weighted by molar-refractivity contribution is 7.80. The summed E-state index contributed by atoms with van der Waals surface area (Å²) in [6, 6.07) is 0.165. The van der Waals surface area contributed by atoms with Crippen molar-refractivity contribution in [3.05, 3.63) is 6.20 Å². The zero-order valence-electron chi connectivity index (χ0n) is 10.1. The molecule has 2 saturated heterocycles. The third kappa shape index (κ3) is 2.06. The summed E-state index contributed by atoms with van der Waals surface area (Å²) in [6.45, 7) is 3.29. The average Bonchev–Trinajstić information content (AvgIpc) is 2.73. The maximum Gasteiger partial charge on any atom is 0.245 e. The van der Waals surface area contributed by atoms with Crippen molar-refractivity contribution in [1.82, 2.24) is 15.2 Å². The second kappa shape index (κ2) is 4.64. The minimum atomic E-state index is 0.160. The van der Waals surface area contributed by atoms with Crippen LogP contribution in [-0.2, 0) is 4.74 Å². The van der Waals surface area contributed by atoms with Crippen molar-refractivity contribution >= 4 is 18.6 Å². The molecule has 0 radical (unpaired) electrons. The van der Waals surface area contributed by atoms with Crippen LogP contribution in [-0.4, -0.2) is 47.5 Å². The smallest absolute Gasteiger partial charge is 0.245 e. The van der Waals surface area contributed by atoms with E-state index in [9.17, 15) is 0 Å². The van der Waals surface area contributed by atoms with Gasteiger partial charge in [0.15, 0.2) is 0 Å². The Morgan fingerprint density at radius 2 is 2.17 bits per heavy atom. The quantitative estimate of drug-likeness (QED) is 0.703. The lowest BCUT2D eigenvalue weighted by Crippen LogP contribution is -2.49. The maximum absolute atomic E-state index is 6.15. The number of thiol groups is 1. The summed E-state index contributed by atoms with van der Waals surface area (Å²) in [5, 5.41) is 8.52. The number of piperidine rings is 1. The van der Waals surface area contributed by atoms with Gasteiger partial charge in [0.1, 0.15) is 5.03 Å². The van der Waals surface area contributed by atoms with Gasteiger partial charge in [-0.15, -0.1) is 22.8 Å². The van der Waals surface area contributed by atoms with Crippen LogP contribution in [0.15, 0.2) is 11.2 Å². The highest BCUT2D eigenvalue weighted by Gasteiger charge is 2.44. The summed E-state index contributed by atoms with van der Waals surface area (Å²) in [4.78, 5) is 6.40.